The third-order valence-corrected chi connectivity index (χ3v) is 4.01. The summed E-state index contributed by atoms with van der Waals surface area (Å²) in [5.74, 6) is 1.00. The summed E-state index contributed by atoms with van der Waals surface area (Å²) in [6.45, 7) is 3.56. The van der Waals surface area contributed by atoms with Gasteiger partial charge in [0.2, 0.25) is 6.10 Å². The van der Waals surface area contributed by atoms with Gasteiger partial charge in [-0.3, -0.25) is 0 Å². The fourth-order valence-corrected chi connectivity index (χ4v) is 2.71. The van der Waals surface area contributed by atoms with Crippen molar-refractivity contribution in [3.63, 3.8) is 0 Å². The molecule has 1 aliphatic heterocycles. The van der Waals surface area contributed by atoms with Gasteiger partial charge in [-0.15, -0.1) is 0 Å². The Morgan fingerprint density at radius 2 is 1.79 bits per heavy atom. The van der Waals surface area contributed by atoms with E-state index in [1.807, 2.05) is 13.0 Å². The zero-order valence-corrected chi connectivity index (χ0v) is 13.7. The van der Waals surface area contributed by atoms with Gasteiger partial charge in [0.15, 0.2) is 0 Å². The Labute approximate surface area is 142 Å². The van der Waals surface area contributed by atoms with Gasteiger partial charge in [0.05, 0.1) is 5.02 Å². The predicted molar refractivity (Wildman–Crippen MR) is 86.9 cm³/mol. The molecule has 3 rings (SSSR count). The molecule has 1 aliphatic rings. The molecule has 2 nitrogen and oxygen atoms in total. The van der Waals surface area contributed by atoms with Gasteiger partial charge < -0.3 is 9.47 Å². The molecule has 0 bridgehead atoms. The number of rotatable bonds is 2. The SMILES string of the molecule is Cc1ccc(Oc2ccc3c(c2C)OC(C(F)(F)F)C=C3)c(Cl)c1. The van der Waals surface area contributed by atoms with Crippen LogP contribution < -0.4 is 9.47 Å². The summed E-state index contributed by atoms with van der Waals surface area (Å²) >= 11 is 6.14. The van der Waals surface area contributed by atoms with Crippen LogP contribution in [0.15, 0.2) is 36.4 Å². The van der Waals surface area contributed by atoms with Gasteiger partial charge in [-0.2, -0.15) is 13.2 Å². The molecule has 0 saturated heterocycles. The van der Waals surface area contributed by atoms with Crippen molar-refractivity contribution in [3.05, 3.63) is 58.1 Å². The first-order valence-electron chi connectivity index (χ1n) is 7.25. The maximum atomic E-state index is 12.9. The first-order valence-corrected chi connectivity index (χ1v) is 7.62. The second-order valence-corrected chi connectivity index (χ2v) is 5.99. The van der Waals surface area contributed by atoms with Gasteiger partial charge in [0.25, 0.3) is 0 Å². The lowest BCUT2D eigenvalue weighted by Gasteiger charge is -2.25. The molecule has 1 unspecified atom stereocenters. The number of alkyl halides is 3. The van der Waals surface area contributed by atoms with Crippen molar-refractivity contribution in [3.8, 4) is 17.2 Å². The average Bonchev–Trinajstić information content (AvgIpc) is 2.51. The third-order valence-electron chi connectivity index (χ3n) is 3.71. The molecule has 0 spiro atoms. The zero-order chi connectivity index (χ0) is 17.5. The van der Waals surface area contributed by atoms with E-state index in [1.165, 1.54) is 6.08 Å². The van der Waals surface area contributed by atoms with Gasteiger partial charge in [-0.1, -0.05) is 23.7 Å². The van der Waals surface area contributed by atoms with Crippen LogP contribution in [0.25, 0.3) is 6.08 Å². The van der Waals surface area contributed by atoms with Crippen molar-refractivity contribution in [2.24, 2.45) is 0 Å². The van der Waals surface area contributed by atoms with Crippen LogP contribution in [0.5, 0.6) is 17.2 Å². The molecule has 0 saturated carbocycles. The Balaban J connectivity index is 1.94. The average molecular weight is 355 g/mol. The summed E-state index contributed by atoms with van der Waals surface area (Å²) in [4.78, 5) is 0. The minimum atomic E-state index is -4.46. The highest BCUT2D eigenvalue weighted by atomic mass is 35.5. The molecule has 2 aromatic rings. The van der Waals surface area contributed by atoms with E-state index < -0.39 is 12.3 Å². The Bertz CT molecular complexity index is 813. The summed E-state index contributed by atoms with van der Waals surface area (Å²) in [7, 11) is 0. The Hall–Kier alpha value is -2.14. The first kappa shape index (κ1) is 16.7. The summed E-state index contributed by atoms with van der Waals surface area (Å²) < 4.78 is 49.5. The molecule has 6 heteroatoms. The summed E-state index contributed by atoms with van der Waals surface area (Å²) in [5.41, 5.74) is 2.05. The Morgan fingerprint density at radius 3 is 2.46 bits per heavy atom. The van der Waals surface area contributed by atoms with Crippen LogP contribution in [0.2, 0.25) is 5.02 Å². The van der Waals surface area contributed by atoms with Crippen LogP contribution >= 0.6 is 11.6 Å². The number of aryl methyl sites for hydroxylation is 1. The van der Waals surface area contributed by atoms with Crippen LogP contribution in [0.3, 0.4) is 0 Å². The molecular formula is C18H14ClF3O2. The fourth-order valence-electron chi connectivity index (χ4n) is 2.43. The maximum Gasteiger partial charge on any atom is 0.429 e. The third kappa shape index (κ3) is 3.22. The molecule has 0 aliphatic carbocycles. The minimum Gasteiger partial charge on any atom is -0.476 e. The van der Waals surface area contributed by atoms with Gasteiger partial charge in [-0.25, -0.2) is 0 Å². The number of halogens is 4. The standard InChI is InChI=1S/C18H14ClF3O2/c1-10-3-6-15(13(19)9-10)23-14-7-4-12-5-8-16(18(20,21)22)24-17(12)11(14)2/h3-9,16H,1-2H3. The van der Waals surface area contributed by atoms with Crippen molar-refractivity contribution < 1.29 is 22.6 Å². The first-order chi connectivity index (χ1) is 11.3. The molecular weight excluding hydrogens is 341 g/mol. The van der Waals surface area contributed by atoms with Crippen LogP contribution in [0.4, 0.5) is 13.2 Å². The predicted octanol–water partition coefficient (Wildman–Crippen LogP) is 6.09. The molecule has 0 N–H and O–H groups in total. The monoisotopic (exact) mass is 354 g/mol. The normalized spacial score (nSPS) is 16.5. The molecule has 0 amide bonds. The van der Waals surface area contributed by atoms with Crippen molar-refractivity contribution in [1.29, 1.82) is 0 Å². The van der Waals surface area contributed by atoms with Crippen molar-refractivity contribution in [2.75, 3.05) is 0 Å². The van der Waals surface area contributed by atoms with Gasteiger partial charge >= 0.3 is 6.18 Å². The number of fused-ring (bicyclic) bond motifs is 1. The van der Waals surface area contributed by atoms with Crippen molar-refractivity contribution in [1.82, 2.24) is 0 Å². The van der Waals surface area contributed by atoms with Crippen LogP contribution in [-0.4, -0.2) is 12.3 Å². The summed E-state index contributed by atoms with van der Waals surface area (Å²) in [6, 6.07) is 8.65. The fraction of sp³-hybridized carbons (Fsp3) is 0.222. The molecule has 24 heavy (non-hydrogen) atoms. The van der Waals surface area contributed by atoms with E-state index >= 15 is 0 Å². The van der Waals surface area contributed by atoms with Gasteiger partial charge in [0.1, 0.15) is 17.2 Å². The molecule has 0 fully saturated rings. The second kappa shape index (κ2) is 6.06. The van der Waals surface area contributed by atoms with E-state index in [2.05, 4.69) is 0 Å². The Morgan fingerprint density at radius 1 is 1.08 bits per heavy atom. The summed E-state index contributed by atoms with van der Waals surface area (Å²) in [6.07, 6.45) is -4.01. The molecule has 1 atom stereocenters. The van der Waals surface area contributed by atoms with Crippen LogP contribution in [-0.2, 0) is 0 Å². The van der Waals surface area contributed by atoms with E-state index in [4.69, 9.17) is 21.1 Å². The van der Waals surface area contributed by atoms with E-state index in [1.54, 1.807) is 31.2 Å². The zero-order valence-electron chi connectivity index (χ0n) is 12.9. The summed E-state index contributed by atoms with van der Waals surface area (Å²) in [5, 5.41) is 0.432. The minimum absolute atomic E-state index is 0.167. The highest BCUT2D eigenvalue weighted by Gasteiger charge is 2.41. The van der Waals surface area contributed by atoms with E-state index in [-0.39, 0.29) is 5.75 Å². The highest BCUT2D eigenvalue weighted by Crippen LogP contribution is 2.41. The van der Waals surface area contributed by atoms with E-state index in [0.29, 0.717) is 27.6 Å². The Kier molecular flexibility index (Phi) is 4.22. The van der Waals surface area contributed by atoms with Gasteiger partial charge in [-0.05, 0) is 49.8 Å². The number of hydrogen-bond donors (Lipinski definition) is 0. The highest BCUT2D eigenvalue weighted by molar-refractivity contribution is 6.32. The topological polar surface area (TPSA) is 18.5 Å². The quantitative estimate of drug-likeness (QED) is 0.650. The van der Waals surface area contributed by atoms with E-state index in [0.717, 1.165) is 11.6 Å². The molecule has 0 aromatic heterocycles. The second-order valence-electron chi connectivity index (χ2n) is 5.58. The van der Waals surface area contributed by atoms with Crippen LogP contribution in [0, 0.1) is 13.8 Å². The smallest absolute Gasteiger partial charge is 0.429 e. The lowest BCUT2D eigenvalue weighted by Crippen LogP contribution is -2.34. The lowest BCUT2D eigenvalue weighted by atomic mass is 10.0. The van der Waals surface area contributed by atoms with Gasteiger partial charge in [0, 0.05) is 11.1 Å². The molecule has 126 valence electrons. The van der Waals surface area contributed by atoms with Crippen LogP contribution in [0.1, 0.15) is 16.7 Å². The maximum absolute atomic E-state index is 12.9. The van der Waals surface area contributed by atoms with E-state index in [9.17, 15) is 13.2 Å². The number of benzene rings is 2. The van der Waals surface area contributed by atoms with Crippen molar-refractivity contribution in [2.45, 2.75) is 26.1 Å². The van der Waals surface area contributed by atoms with Crippen molar-refractivity contribution >= 4 is 17.7 Å². The number of ether oxygens (including phenoxy) is 2. The molecule has 1 heterocycles. The molecule has 2 aromatic carbocycles. The largest absolute Gasteiger partial charge is 0.476 e. The number of hydrogen-bond acceptors (Lipinski definition) is 2. The molecule has 0 radical (unpaired) electrons. The lowest BCUT2D eigenvalue weighted by molar-refractivity contribution is -0.180.